The minimum atomic E-state index is -0.320. The maximum Gasteiger partial charge on any atom is 0.264 e. The molecule has 5 nitrogen and oxygen atoms in total. The zero-order chi connectivity index (χ0) is 22.1. The summed E-state index contributed by atoms with van der Waals surface area (Å²) in [7, 11) is 0. The molecule has 0 saturated heterocycles. The van der Waals surface area contributed by atoms with Crippen molar-refractivity contribution >= 4 is 28.9 Å². The molecule has 0 unspecified atom stereocenters. The molecule has 0 bridgehead atoms. The molecule has 3 rings (SSSR count). The molecule has 6 heteroatoms. The van der Waals surface area contributed by atoms with Crippen molar-refractivity contribution in [3.63, 3.8) is 0 Å². The fourth-order valence-corrected chi connectivity index (χ4v) is 3.16. The molecular formula is C25H26N2O3S. The molecule has 160 valence electrons. The minimum Gasteiger partial charge on any atom is -0.489 e. The average Bonchev–Trinajstić information content (AvgIpc) is 2.78. The van der Waals surface area contributed by atoms with E-state index in [-0.39, 0.29) is 17.6 Å². The van der Waals surface area contributed by atoms with Crippen LogP contribution in [-0.2, 0) is 11.4 Å². The van der Waals surface area contributed by atoms with Gasteiger partial charge >= 0.3 is 0 Å². The molecule has 0 spiro atoms. The van der Waals surface area contributed by atoms with Gasteiger partial charge in [0.05, 0.1) is 0 Å². The van der Waals surface area contributed by atoms with Crippen LogP contribution in [0.5, 0.6) is 11.5 Å². The third-order valence-electron chi connectivity index (χ3n) is 4.51. The Hall–Kier alpha value is -3.38. The number of nitrogens with one attached hydrogen (secondary N) is 2. The van der Waals surface area contributed by atoms with Gasteiger partial charge in [-0.1, -0.05) is 62.4 Å². The van der Waals surface area contributed by atoms with Crippen molar-refractivity contribution in [3.05, 3.63) is 90.0 Å². The van der Waals surface area contributed by atoms with Crippen LogP contribution in [-0.4, -0.2) is 17.6 Å². The second kappa shape index (κ2) is 11.1. The lowest BCUT2D eigenvalue weighted by Crippen LogP contribution is -2.37. The van der Waals surface area contributed by atoms with Crippen LogP contribution in [0.15, 0.2) is 78.9 Å². The first-order valence-electron chi connectivity index (χ1n) is 10.1. The van der Waals surface area contributed by atoms with E-state index >= 15 is 0 Å². The maximum absolute atomic E-state index is 12.2. The summed E-state index contributed by atoms with van der Waals surface area (Å²) in [6.07, 6.45) is 0. The van der Waals surface area contributed by atoms with Crippen LogP contribution < -0.4 is 20.1 Å². The van der Waals surface area contributed by atoms with E-state index in [9.17, 15) is 4.79 Å². The number of amides is 1. The number of rotatable bonds is 8. The van der Waals surface area contributed by atoms with Crippen LogP contribution in [0.4, 0.5) is 5.69 Å². The van der Waals surface area contributed by atoms with Crippen LogP contribution in [0.1, 0.15) is 30.9 Å². The van der Waals surface area contributed by atoms with E-state index in [2.05, 4.69) is 24.5 Å². The van der Waals surface area contributed by atoms with Gasteiger partial charge in [0.25, 0.3) is 5.91 Å². The molecule has 0 saturated carbocycles. The summed E-state index contributed by atoms with van der Waals surface area (Å²) in [5, 5.41) is 5.84. The molecule has 0 aromatic heterocycles. The van der Waals surface area contributed by atoms with Crippen molar-refractivity contribution in [1.82, 2.24) is 5.32 Å². The molecular weight excluding hydrogens is 408 g/mol. The number of ether oxygens (including phenoxy) is 2. The van der Waals surface area contributed by atoms with Gasteiger partial charge in [0.1, 0.15) is 18.1 Å². The Bertz CT molecular complexity index is 1000. The number of hydrogen-bond donors (Lipinski definition) is 2. The SMILES string of the molecule is CC(C)c1ccccc1OCC(=O)NC(=S)Nc1ccc(OCc2ccccc2)cc1. The molecule has 0 aliphatic heterocycles. The number of anilines is 1. The molecule has 0 aliphatic carbocycles. The summed E-state index contributed by atoms with van der Waals surface area (Å²) < 4.78 is 11.4. The van der Waals surface area contributed by atoms with Crippen LogP contribution >= 0.6 is 12.2 Å². The van der Waals surface area contributed by atoms with Crippen molar-refractivity contribution < 1.29 is 14.3 Å². The van der Waals surface area contributed by atoms with Crippen molar-refractivity contribution in [2.24, 2.45) is 0 Å². The summed E-state index contributed by atoms with van der Waals surface area (Å²) >= 11 is 5.23. The largest absolute Gasteiger partial charge is 0.489 e. The van der Waals surface area contributed by atoms with Crippen LogP contribution in [0.2, 0.25) is 0 Å². The van der Waals surface area contributed by atoms with E-state index in [0.29, 0.717) is 18.3 Å². The second-order valence-corrected chi connectivity index (χ2v) is 7.69. The van der Waals surface area contributed by atoms with Gasteiger partial charge < -0.3 is 14.8 Å². The van der Waals surface area contributed by atoms with Gasteiger partial charge in [-0.2, -0.15) is 0 Å². The Kier molecular flexibility index (Phi) is 8.01. The average molecular weight is 435 g/mol. The van der Waals surface area contributed by atoms with Crippen molar-refractivity contribution in [2.75, 3.05) is 11.9 Å². The van der Waals surface area contributed by atoms with E-state index in [4.69, 9.17) is 21.7 Å². The summed E-state index contributed by atoms with van der Waals surface area (Å²) in [6, 6.07) is 25.1. The fraction of sp³-hybridized carbons (Fsp3) is 0.200. The molecule has 2 N–H and O–H groups in total. The number of carbonyl (C=O) groups is 1. The summed E-state index contributed by atoms with van der Waals surface area (Å²) in [5.74, 6) is 1.44. The number of thiocarbonyl (C=S) groups is 1. The topological polar surface area (TPSA) is 59.6 Å². The van der Waals surface area contributed by atoms with Crippen molar-refractivity contribution in [1.29, 1.82) is 0 Å². The first-order chi connectivity index (χ1) is 15.0. The maximum atomic E-state index is 12.2. The Morgan fingerprint density at radius 3 is 2.29 bits per heavy atom. The number of carbonyl (C=O) groups excluding carboxylic acids is 1. The Balaban J connectivity index is 1.44. The van der Waals surface area contributed by atoms with Crippen molar-refractivity contribution in [2.45, 2.75) is 26.4 Å². The van der Waals surface area contributed by atoms with Gasteiger partial charge in [-0.15, -0.1) is 0 Å². The third kappa shape index (κ3) is 7.12. The Morgan fingerprint density at radius 1 is 0.903 bits per heavy atom. The molecule has 0 atom stereocenters. The lowest BCUT2D eigenvalue weighted by atomic mass is 10.0. The smallest absolute Gasteiger partial charge is 0.264 e. The number of benzene rings is 3. The highest BCUT2D eigenvalue weighted by atomic mass is 32.1. The van der Waals surface area contributed by atoms with Gasteiger partial charge in [0, 0.05) is 5.69 Å². The Labute approximate surface area is 188 Å². The Morgan fingerprint density at radius 2 is 1.58 bits per heavy atom. The van der Waals surface area contributed by atoms with Gasteiger partial charge in [-0.25, -0.2) is 0 Å². The summed E-state index contributed by atoms with van der Waals surface area (Å²) in [6.45, 7) is 4.55. The predicted octanol–water partition coefficient (Wildman–Crippen LogP) is 5.28. The van der Waals surface area contributed by atoms with Gasteiger partial charge in [0.15, 0.2) is 11.7 Å². The van der Waals surface area contributed by atoms with Crippen LogP contribution in [0.3, 0.4) is 0 Å². The van der Waals surface area contributed by atoms with Gasteiger partial charge in [-0.05, 0) is 59.6 Å². The molecule has 0 heterocycles. The third-order valence-corrected chi connectivity index (χ3v) is 4.72. The molecule has 31 heavy (non-hydrogen) atoms. The molecule has 0 radical (unpaired) electrons. The monoisotopic (exact) mass is 434 g/mol. The lowest BCUT2D eigenvalue weighted by Gasteiger charge is -2.14. The summed E-state index contributed by atoms with van der Waals surface area (Å²) in [4.78, 5) is 12.2. The minimum absolute atomic E-state index is 0.113. The normalized spacial score (nSPS) is 10.4. The molecule has 3 aromatic carbocycles. The van der Waals surface area contributed by atoms with Gasteiger partial charge in [0.2, 0.25) is 0 Å². The lowest BCUT2D eigenvalue weighted by molar-refractivity contribution is -0.121. The highest BCUT2D eigenvalue weighted by molar-refractivity contribution is 7.80. The van der Waals surface area contributed by atoms with Gasteiger partial charge in [-0.3, -0.25) is 10.1 Å². The van der Waals surface area contributed by atoms with E-state index < -0.39 is 0 Å². The highest BCUT2D eigenvalue weighted by Gasteiger charge is 2.10. The van der Waals surface area contributed by atoms with E-state index in [1.165, 1.54) is 0 Å². The summed E-state index contributed by atoms with van der Waals surface area (Å²) in [5.41, 5.74) is 2.92. The standard InChI is InChI=1S/C25H26N2O3S/c1-18(2)22-10-6-7-11-23(22)30-17-24(28)27-25(31)26-20-12-14-21(15-13-20)29-16-19-8-4-3-5-9-19/h3-15,18H,16-17H2,1-2H3,(H2,26,27,28,31). The van der Waals surface area contributed by atoms with Crippen molar-refractivity contribution in [3.8, 4) is 11.5 Å². The second-order valence-electron chi connectivity index (χ2n) is 7.28. The zero-order valence-corrected chi connectivity index (χ0v) is 18.4. The number of para-hydroxylation sites is 1. The van der Waals surface area contributed by atoms with E-state index in [1.54, 1.807) is 0 Å². The zero-order valence-electron chi connectivity index (χ0n) is 17.6. The van der Waals surface area contributed by atoms with Crippen LogP contribution in [0, 0.1) is 0 Å². The number of hydrogen-bond acceptors (Lipinski definition) is 4. The molecule has 0 fully saturated rings. The molecule has 1 amide bonds. The highest BCUT2D eigenvalue weighted by Crippen LogP contribution is 2.25. The van der Waals surface area contributed by atoms with E-state index in [0.717, 1.165) is 22.6 Å². The quantitative estimate of drug-likeness (QED) is 0.472. The van der Waals surface area contributed by atoms with Crippen LogP contribution in [0.25, 0.3) is 0 Å². The molecule has 3 aromatic rings. The molecule has 0 aliphatic rings. The first kappa shape index (κ1) is 22.3. The fourth-order valence-electron chi connectivity index (χ4n) is 2.93. The predicted molar refractivity (Wildman–Crippen MR) is 128 cm³/mol. The first-order valence-corrected chi connectivity index (χ1v) is 10.5. The van der Waals surface area contributed by atoms with E-state index in [1.807, 2.05) is 78.9 Å².